The summed E-state index contributed by atoms with van der Waals surface area (Å²) in [5.41, 5.74) is 1.90. The molecule has 0 spiro atoms. The largest absolute Gasteiger partial charge is 0.395 e. The lowest BCUT2D eigenvalue weighted by atomic mass is 10.1. The summed E-state index contributed by atoms with van der Waals surface area (Å²) >= 11 is 0. The Balaban J connectivity index is 1.81. The van der Waals surface area contributed by atoms with E-state index >= 15 is 0 Å². The van der Waals surface area contributed by atoms with Gasteiger partial charge in [0.1, 0.15) is 0 Å². The van der Waals surface area contributed by atoms with E-state index in [-0.39, 0.29) is 25.3 Å². The fraction of sp³-hybridized carbons (Fsp3) is 0.533. The molecular weight excluding hydrogens is 270 g/mol. The van der Waals surface area contributed by atoms with E-state index in [1.165, 1.54) is 0 Å². The number of aliphatic hydroxyl groups is 2. The van der Waals surface area contributed by atoms with Crippen molar-refractivity contribution in [1.82, 2.24) is 9.80 Å². The van der Waals surface area contributed by atoms with E-state index in [9.17, 15) is 4.79 Å². The highest BCUT2D eigenvalue weighted by Gasteiger charge is 2.34. The van der Waals surface area contributed by atoms with Crippen molar-refractivity contribution in [1.29, 1.82) is 0 Å². The van der Waals surface area contributed by atoms with Crippen LogP contribution in [0.4, 0.5) is 10.5 Å². The van der Waals surface area contributed by atoms with Gasteiger partial charge in [-0.05, 0) is 24.6 Å². The van der Waals surface area contributed by atoms with Gasteiger partial charge in [0.2, 0.25) is 0 Å². The fourth-order valence-electron chi connectivity index (χ4n) is 2.51. The van der Waals surface area contributed by atoms with Gasteiger partial charge in [0.05, 0.1) is 13.2 Å². The average Bonchev–Trinajstić information content (AvgIpc) is 2.37. The minimum absolute atomic E-state index is 0.0615. The highest BCUT2D eigenvalue weighted by atomic mass is 16.3. The van der Waals surface area contributed by atoms with Gasteiger partial charge in [-0.15, -0.1) is 0 Å². The molecule has 3 N–H and O–H groups in total. The van der Waals surface area contributed by atoms with Crippen molar-refractivity contribution in [3.63, 3.8) is 0 Å². The van der Waals surface area contributed by atoms with Crippen LogP contribution in [0.5, 0.6) is 0 Å². The maximum Gasteiger partial charge on any atom is 0.321 e. The molecule has 0 aliphatic carbocycles. The number of anilines is 1. The lowest BCUT2D eigenvalue weighted by Gasteiger charge is -2.45. The summed E-state index contributed by atoms with van der Waals surface area (Å²) in [6.07, 6.45) is 0. The van der Waals surface area contributed by atoms with Crippen LogP contribution in [0.15, 0.2) is 24.3 Å². The fourth-order valence-corrected chi connectivity index (χ4v) is 2.51. The second-order valence-corrected chi connectivity index (χ2v) is 5.34. The van der Waals surface area contributed by atoms with E-state index in [4.69, 9.17) is 10.2 Å². The molecule has 6 heteroatoms. The number of carbonyl (C=O) groups is 1. The Bertz CT molecular complexity index is 469. The zero-order chi connectivity index (χ0) is 15.2. The molecule has 1 aliphatic rings. The van der Waals surface area contributed by atoms with Gasteiger partial charge in [-0.25, -0.2) is 4.79 Å². The van der Waals surface area contributed by atoms with Gasteiger partial charge in [-0.3, -0.25) is 4.90 Å². The molecule has 6 nitrogen and oxygen atoms in total. The second kappa shape index (κ2) is 7.40. The Morgan fingerprint density at radius 1 is 1.33 bits per heavy atom. The van der Waals surface area contributed by atoms with E-state index in [1.807, 2.05) is 36.1 Å². The van der Waals surface area contributed by atoms with E-state index in [0.717, 1.165) is 11.3 Å². The smallest absolute Gasteiger partial charge is 0.321 e. The van der Waals surface area contributed by atoms with Crippen LogP contribution in [-0.4, -0.2) is 71.5 Å². The van der Waals surface area contributed by atoms with Crippen molar-refractivity contribution in [2.45, 2.75) is 13.0 Å². The van der Waals surface area contributed by atoms with Gasteiger partial charge in [0, 0.05) is 37.9 Å². The SMILES string of the molecule is Cc1cccc(NC(=O)N2CC(N(CCO)CCO)C2)c1. The van der Waals surface area contributed by atoms with Gasteiger partial charge in [0.25, 0.3) is 0 Å². The maximum atomic E-state index is 12.1. The Morgan fingerprint density at radius 3 is 2.57 bits per heavy atom. The molecule has 2 rings (SSSR count). The third-order valence-corrected chi connectivity index (χ3v) is 3.71. The summed E-state index contributed by atoms with van der Waals surface area (Å²) in [5, 5.41) is 20.9. The van der Waals surface area contributed by atoms with Crippen LogP contribution >= 0.6 is 0 Å². The van der Waals surface area contributed by atoms with Gasteiger partial charge in [-0.1, -0.05) is 12.1 Å². The number of aryl methyl sites for hydroxylation is 1. The molecule has 2 amide bonds. The molecule has 1 aromatic carbocycles. The standard InChI is InChI=1S/C15H23N3O3/c1-12-3-2-4-13(9-12)16-15(21)18-10-14(11-18)17(5-7-19)6-8-20/h2-4,9,14,19-20H,5-8,10-11H2,1H3,(H,16,21). The number of aliphatic hydroxyl groups excluding tert-OH is 2. The van der Waals surface area contributed by atoms with E-state index in [2.05, 4.69) is 5.32 Å². The lowest BCUT2D eigenvalue weighted by Crippen LogP contribution is -2.62. The Hall–Kier alpha value is -1.63. The normalized spacial score (nSPS) is 15.1. The van der Waals surface area contributed by atoms with Gasteiger partial charge in [0.15, 0.2) is 0 Å². The van der Waals surface area contributed by atoms with Gasteiger partial charge >= 0.3 is 6.03 Å². The molecule has 1 aliphatic heterocycles. The van der Waals surface area contributed by atoms with Crippen molar-refractivity contribution in [3.05, 3.63) is 29.8 Å². The molecule has 0 aromatic heterocycles. The summed E-state index contributed by atoms with van der Waals surface area (Å²) in [5.74, 6) is 0. The Kier molecular flexibility index (Phi) is 5.55. The molecule has 116 valence electrons. The van der Waals surface area contributed by atoms with Crippen LogP contribution in [0.2, 0.25) is 0 Å². The van der Waals surface area contributed by atoms with Crippen LogP contribution in [0.3, 0.4) is 0 Å². The number of rotatable bonds is 6. The molecule has 0 bridgehead atoms. The summed E-state index contributed by atoms with van der Waals surface area (Å²) in [6.45, 7) is 4.40. The van der Waals surface area contributed by atoms with Crippen molar-refractivity contribution in [3.8, 4) is 0 Å². The van der Waals surface area contributed by atoms with E-state index < -0.39 is 0 Å². The minimum Gasteiger partial charge on any atom is -0.395 e. The molecule has 1 fully saturated rings. The first-order valence-corrected chi connectivity index (χ1v) is 7.22. The predicted molar refractivity (Wildman–Crippen MR) is 81.3 cm³/mol. The van der Waals surface area contributed by atoms with Crippen LogP contribution in [0, 0.1) is 6.92 Å². The van der Waals surface area contributed by atoms with Crippen LogP contribution < -0.4 is 5.32 Å². The maximum absolute atomic E-state index is 12.1. The number of nitrogens with one attached hydrogen (secondary N) is 1. The number of hydrogen-bond acceptors (Lipinski definition) is 4. The topological polar surface area (TPSA) is 76.0 Å². The number of carbonyl (C=O) groups excluding carboxylic acids is 1. The first-order chi connectivity index (χ1) is 10.1. The van der Waals surface area contributed by atoms with Gasteiger partial charge < -0.3 is 20.4 Å². The second-order valence-electron chi connectivity index (χ2n) is 5.34. The Morgan fingerprint density at radius 2 is 2.00 bits per heavy atom. The summed E-state index contributed by atoms with van der Waals surface area (Å²) in [6, 6.07) is 7.80. The first-order valence-electron chi connectivity index (χ1n) is 7.22. The highest BCUT2D eigenvalue weighted by Crippen LogP contribution is 2.17. The third kappa shape index (κ3) is 4.17. The highest BCUT2D eigenvalue weighted by molar-refractivity contribution is 5.90. The van der Waals surface area contributed by atoms with E-state index in [1.54, 1.807) is 4.90 Å². The number of benzene rings is 1. The Labute approximate surface area is 125 Å². The van der Waals surface area contributed by atoms with Crippen molar-refractivity contribution in [2.75, 3.05) is 44.7 Å². The molecule has 1 saturated heterocycles. The predicted octanol–water partition coefficient (Wildman–Crippen LogP) is 0.498. The van der Waals surface area contributed by atoms with Crippen molar-refractivity contribution in [2.24, 2.45) is 0 Å². The molecular formula is C15H23N3O3. The first kappa shape index (κ1) is 15.8. The molecule has 21 heavy (non-hydrogen) atoms. The summed E-state index contributed by atoms with van der Waals surface area (Å²) in [7, 11) is 0. The number of urea groups is 1. The molecule has 1 heterocycles. The zero-order valence-electron chi connectivity index (χ0n) is 12.3. The van der Waals surface area contributed by atoms with Crippen molar-refractivity contribution < 1.29 is 15.0 Å². The summed E-state index contributed by atoms with van der Waals surface area (Å²) < 4.78 is 0. The molecule has 0 saturated carbocycles. The minimum atomic E-state index is -0.107. The number of hydrogen-bond donors (Lipinski definition) is 3. The van der Waals surface area contributed by atoms with Gasteiger partial charge in [-0.2, -0.15) is 0 Å². The quantitative estimate of drug-likeness (QED) is 0.714. The average molecular weight is 293 g/mol. The molecule has 0 atom stereocenters. The van der Waals surface area contributed by atoms with E-state index in [0.29, 0.717) is 26.2 Å². The number of likely N-dealkylation sites (tertiary alicyclic amines) is 1. The molecule has 0 unspecified atom stereocenters. The van der Waals surface area contributed by atoms with Crippen LogP contribution in [-0.2, 0) is 0 Å². The molecule has 1 aromatic rings. The van der Waals surface area contributed by atoms with Crippen molar-refractivity contribution >= 4 is 11.7 Å². The van der Waals surface area contributed by atoms with Crippen LogP contribution in [0.1, 0.15) is 5.56 Å². The number of nitrogens with zero attached hydrogens (tertiary/aromatic N) is 2. The summed E-state index contributed by atoms with van der Waals surface area (Å²) in [4.78, 5) is 15.8. The third-order valence-electron chi connectivity index (χ3n) is 3.71. The number of amides is 2. The zero-order valence-corrected chi connectivity index (χ0v) is 12.3. The monoisotopic (exact) mass is 293 g/mol. The molecule has 0 radical (unpaired) electrons. The van der Waals surface area contributed by atoms with Crippen LogP contribution in [0.25, 0.3) is 0 Å². The lowest BCUT2D eigenvalue weighted by molar-refractivity contribution is 0.0393.